The van der Waals surface area contributed by atoms with E-state index in [1.807, 2.05) is 0 Å². The van der Waals surface area contributed by atoms with Crippen molar-refractivity contribution in [1.29, 1.82) is 0 Å². The van der Waals surface area contributed by atoms with Crippen molar-refractivity contribution in [3.05, 3.63) is 63.5 Å². The molecule has 0 fully saturated rings. The summed E-state index contributed by atoms with van der Waals surface area (Å²) in [6, 6.07) is 7.71. The van der Waals surface area contributed by atoms with E-state index in [0.29, 0.717) is 11.1 Å². The molecular weight excluding hydrogens is 276 g/mol. The van der Waals surface area contributed by atoms with Crippen molar-refractivity contribution >= 4 is 11.7 Å². The van der Waals surface area contributed by atoms with Gasteiger partial charge in [-0.15, -0.1) is 0 Å². The predicted octanol–water partition coefficient (Wildman–Crippen LogP) is 2.58. The minimum Gasteiger partial charge on any atom is -0.486 e. The highest BCUT2D eigenvalue weighted by Gasteiger charge is 2.15. The lowest BCUT2D eigenvalue weighted by Crippen LogP contribution is -2.06. The number of nitro groups is 1. The van der Waals surface area contributed by atoms with Gasteiger partial charge in [0.2, 0.25) is 0 Å². The Hall–Kier alpha value is -2.96. The molecule has 2 aromatic rings. The summed E-state index contributed by atoms with van der Waals surface area (Å²) in [6.07, 6.45) is 1.36. The van der Waals surface area contributed by atoms with Crippen LogP contribution in [0, 0.1) is 17.0 Å². The maximum absolute atomic E-state index is 11.0. The number of hydrogen-bond donors (Lipinski definition) is 1. The summed E-state index contributed by atoms with van der Waals surface area (Å²) in [7, 11) is 0. The van der Waals surface area contributed by atoms with Crippen molar-refractivity contribution in [2.24, 2.45) is 0 Å². The van der Waals surface area contributed by atoms with E-state index in [-0.39, 0.29) is 23.7 Å². The van der Waals surface area contributed by atoms with Crippen LogP contribution in [0.4, 0.5) is 5.69 Å². The van der Waals surface area contributed by atoms with E-state index in [0.717, 1.165) is 0 Å². The number of carbonyl (C=O) groups is 1. The number of nitro benzene ring substituents is 1. The van der Waals surface area contributed by atoms with Gasteiger partial charge < -0.3 is 9.84 Å². The van der Waals surface area contributed by atoms with E-state index in [2.05, 4.69) is 4.98 Å². The second-order valence-electron chi connectivity index (χ2n) is 4.26. The van der Waals surface area contributed by atoms with Crippen LogP contribution in [0.25, 0.3) is 0 Å². The first-order chi connectivity index (χ1) is 10.0. The topological polar surface area (TPSA) is 103 Å². The first kappa shape index (κ1) is 14.4. The third-order valence-corrected chi connectivity index (χ3v) is 2.97. The smallest absolute Gasteiger partial charge is 0.358 e. The van der Waals surface area contributed by atoms with Crippen molar-refractivity contribution in [3.63, 3.8) is 0 Å². The minimum atomic E-state index is -1.19. The zero-order chi connectivity index (χ0) is 15.4. The van der Waals surface area contributed by atoms with E-state index in [1.54, 1.807) is 25.1 Å². The third-order valence-electron chi connectivity index (χ3n) is 2.97. The number of carboxylic acids is 1. The number of nitrogens with zero attached hydrogens (tertiary/aromatic N) is 2. The van der Waals surface area contributed by atoms with Crippen molar-refractivity contribution in [2.45, 2.75) is 13.5 Å². The van der Waals surface area contributed by atoms with Crippen molar-refractivity contribution in [3.8, 4) is 5.75 Å². The first-order valence-electron chi connectivity index (χ1n) is 6.04. The average molecular weight is 288 g/mol. The highest BCUT2D eigenvalue weighted by atomic mass is 16.6. The van der Waals surface area contributed by atoms with Gasteiger partial charge in [0.05, 0.1) is 4.92 Å². The van der Waals surface area contributed by atoms with E-state index >= 15 is 0 Å². The third kappa shape index (κ3) is 3.14. The number of ether oxygens (including phenoxy) is 1. The summed E-state index contributed by atoms with van der Waals surface area (Å²) in [5, 5.41) is 19.9. The molecule has 1 heterocycles. The molecule has 1 aromatic heterocycles. The number of rotatable bonds is 5. The Labute approximate surface area is 120 Å². The van der Waals surface area contributed by atoms with Crippen LogP contribution in [0.1, 0.15) is 21.6 Å². The maximum Gasteiger partial charge on any atom is 0.358 e. The number of aromatic carboxylic acids is 1. The van der Waals surface area contributed by atoms with Gasteiger partial charge >= 0.3 is 5.97 Å². The van der Waals surface area contributed by atoms with Crippen LogP contribution in [-0.4, -0.2) is 21.0 Å². The van der Waals surface area contributed by atoms with Crippen molar-refractivity contribution in [1.82, 2.24) is 4.98 Å². The molecule has 0 saturated heterocycles. The summed E-state index contributed by atoms with van der Waals surface area (Å²) in [5.74, 6) is -1.07. The van der Waals surface area contributed by atoms with Crippen LogP contribution in [0.5, 0.6) is 5.75 Å². The molecule has 7 nitrogen and oxygen atoms in total. The molecule has 0 bridgehead atoms. The fraction of sp³-hybridized carbons (Fsp3) is 0.143. The first-order valence-corrected chi connectivity index (χ1v) is 6.04. The predicted molar refractivity (Wildman–Crippen MR) is 73.4 cm³/mol. The number of benzene rings is 1. The van der Waals surface area contributed by atoms with Crippen LogP contribution in [0.15, 0.2) is 36.5 Å². The summed E-state index contributed by atoms with van der Waals surface area (Å²) < 4.78 is 5.43. The molecule has 0 spiro atoms. The lowest BCUT2D eigenvalue weighted by molar-refractivity contribution is -0.385. The zero-order valence-electron chi connectivity index (χ0n) is 11.1. The Bertz CT molecular complexity index is 700. The summed E-state index contributed by atoms with van der Waals surface area (Å²) in [5.41, 5.74) is 0.911. The molecule has 0 radical (unpaired) electrons. The largest absolute Gasteiger partial charge is 0.486 e. The minimum absolute atomic E-state index is 0.000690. The van der Waals surface area contributed by atoms with Crippen LogP contribution < -0.4 is 4.74 Å². The maximum atomic E-state index is 11.0. The quantitative estimate of drug-likeness (QED) is 0.670. The van der Waals surface area contributed by atoms with Crippen LogP contribution >= 0.6 is 0 Å². The molecular formula is C14H12N2O5. The number of hydrogen-bond acceptors (Lipinski definition) is 5. The van der Waals surface area contributed by atoms with Gasteiger partial charge in [0.25, 0.3) is 5.69 Å². The van der Waals surface area contributed by atoms with Crippen LogP contribution in [-0.2, 0) is 6.61 Å². The number of aromatic nitrogens is 1. The molecule has 0 amide bonds. The molecule has 0 unspecified atom stereocenters. The van der Waals surface area contributed by atoms with E-state index in [9.17, 15) is 14.9 Å². The van der Waals surface area contributed by atoms with Gasteiger partial charge in [-0.1, -0.05) is 12.1 Å². The fourth-order valence-electron chi connectivity index (χ4n) is 1.85. The van der Waals surface area contributed by atoms with Crippen molar-refractivity contribution < 1.29 is 19.6 Å². The summed E-state index contributed by atoms with van der Waals surface area (Å²) in [4.78, 5) is 25.1. The zero-order valence-corrected chi connectivity index (χ0v) is 11.1. The number of carboxylic acid groups (broad SMARTS) is 1. The highest BCUT2D eigenvalue weighted by Crippen LogP contribution is 2.23. The van der Waals surface area contributed by atoms with Gasteiger partial charge in [-0.2, -0.15) is 0 Å². The van der Waals surface area contributed by atoms with Gasteiger partial charge in [0.1, 0.15) is 6.61 Å². The summed E-state index contributed by atoms with van der Waals surface area (Å²) >= 11 is 0. The molecule has 0 aliphatic rings. The Morgan fingerprint density at radius 1 is 1.38 bits per heavy atom. The lowest BCUT2D eigenvalue weighted by atomic mass is 10.1. The normalized spacial score (nSPS) is 10.1. The Morgan fingerprint density at radius 2 is 2.14 bits per heavy atom. The van der Waals surface area contributed by atoms with E-state index in [4.69, 9.17) is 9.84 Å². The molecule has 0 aliphatic carbocycles. The van der Waals surface area contributed by atoms with Crippen LogP contribution in [0.3, 0.4) is 0 Å². The molecule has 1 aromatic carbocycles. The molecule has 1 N–H and O–H groups in total. The molecule has 7 heteroatoms. The monoisotopic (exact) mass is 288 g/mol. The number of pyridine rings is 1. The molecule has 0 saturated carbocycles. The van der Waals surface area contributed by atoms with E-state index < -0.39 is 10.9 Å². The molecule has 21 heavy (non-hydrogen) atoms. The second-order valence-corrected chi connectivity index (χ2v) is 4.26. The Morgan fingerprint density at radius 3 is 2.81 bits per heavy atom. The van der Waals surface area contributed by atoms with Crippen LogP contribution in [0.2, 0.25) is 0 Å². The average Bonchev–Trinajstić information content (AvgIpc) is 2.46. The van der Waals surface area contributed by atoms with Gasteiger partial charge in [-0.3, -0.25) is 10.1 Å². The Kier molecular flexibility index (Phi) is 4.13. The second kappa shape index (κ2) is 6.00. The highest BCUT2D eigenvalue weighted by molar-refractivity contribution is 5.88. The SMILES string of the molecule is Cc1c(COc2cccnc2C(=O)O)cccc1[N+](=O)[O-]. The molecule has 0 atom stereocenters. The van der Waals surface area contributed by atoms with Gasteiger partial charge in [0.15, 0.2) is 11.4 Å². The Balaban J connectivity index is 2.23. The standard InChI is InChI=1S/C14H12N2O5/c1-9-10(4-2-5-11(9)16(19)20)8-21-12-6-3-7-15-13(12)14(17)18/h2-7H,8H2,1H3,(H,17,18). The summed E-state index contributed by atoms with van der Waals surface area (Å²) in [6.45, 7) is 1.65. The molecule has 0 aliphatic heterocycles. The molecule has 108 valence electrons. The fourth-order valence-corrected chi connectivity index (χ4v) is 1.85. The lowest BCUT2D eigenvalue weighted by Gasteiger charge is -2.10. The molecule has 2 rings (SSSR count). The van der Waals surface area contributed by atoms with Gasteiger partial charge in [-0.25, -0.2) is 9.78 Å². The van der Waals surface area contributed by atoms with Gasteiger partial charge in [0, 0.05) is 17.8 Å². The van der Waals surface area contributed by atoms with Gasteiger partial charge in [-0.05, 0) is 24.6 Å². The van der Waals surface area contributed by atoms with Crippen molar-refractivity contribution in [2.75, 3.05) is 0 Å². The van der Waals surface area contributed by atoms with E-state index in [1.165, 1.54) is 18.3 Å².